The predicted molar refractivity (Wildman–Crippen MR) is 88.5 cm³/mol. The maximum atomic E-state index is 12.0. The molecule has 0 unspecified atom stereocenters. The molecule has 1 amide bonds. The quantitative estimate of drug-likeness (QED) is 0.921. The third-order valence-electron chi connectivity index (χ3n) is 3.33. The van der Waals surface area contributed by atoms with Crippen LogP contribution in [-0.4, -0.2) is 22.9 Å². The number of rotatable bonds is 5. The molecular formula is C17H20N2OS. The molecule has 0 saturated carbocycles. The van der Waals surface area contributed by atoms with Crippen LogP contribution in [0.2, 0.25) is 0 Å². The summed E-state index contributed by atoms with van der Waals surface area (Å²) >= 11 is 1.52. The molecule has 4 heteroatoms. The SMILES string of the molecule is CSCC(=O)N[C@H](c1cccnc1)c1ccc(C)cc1C. The van der Waals surface area contributed by atoms with Crippen LogP contribution in [0.25, 0.3) is 0 Å². The first-order chi connectivity index (χ1) is 10.1. The highest BCUT2D eigenvalue weighted by molar-refractivity contribution is 7.99. The highest BCUT2D eigenvalue weighted by Gasteiger charge is 2.18. The molecule has 0 fully saturated rings. The lowest BCUT2D eigenvalue weighted by Crippen LogP contribution is -2.31. The van der Waals surface area contributed by atoms with Gasteiger partial charge in [-0.2, -0.15) is 11.8 Å². The van der Waals surface area contributed by atoms with Crippen molar-refractivity contribution in [3.63, 3.8) is 0 Å². The molecule has 1 N–H and O–H groups in total. The maximum Gasteiger partial charge on any atom is 0.230 e. The monoisotopic (exact) mass is 300 g/mol. The van der Waals surface area contributed by atoms with E-state index in [9.17, 15) is 4.79 Å². The van der Waals surface area contributed by atoms with Crippen LogP contribution < -0.4 is 5.32 Å². The number of carbonyl (C=O) groups is 1. The van der Waals surface area contributed by atoms with Crippen LogP contribution in [0.4, 0.5) is 0 Å². The summed E-state index contributed by atoms with van der Waals surface area (Å²) in [6.07, 6.45) is 5.48. The molecule has 0 bridgehead atoms. The average molecular weight is 300 g/mol. The molecule has 2 rings (SSSR count). The average Bonchev–Trinajstić information content (AvgIpc) is 2.47. The highest BCUT2D eigenvalue weighted by Crippen LogP contribution is 2.25. The molecular weight excluding hydrogens is 280 g/mol. The number of aryl methyl sites for hydroxylation is 2. The van der Waals surface area contributed by atoms with Gasteiger partial charge in [0.15, 0.2) is 0 Å². The number of nitrogens with zero attached hydrogens (tertiary/aromatic N) is 1. The maximum absolute atomic E-state index is 12.0. The Balaban J connectivity index is 2.38. The molecule has 1 atom stereocenters. The topological polar surface area (TPSA) is 42.0 Å². The molecule has 1 aromatic carbocycles. The number of hydrogen-bond acceptors (Lipinski definition) is 3. The van der Waals surface area contributed by atoms with E-state index >= 15 is 0 Å². The Bertz CT molecular complexity index is 613. The molecule has 0 spiro atoms. The summed E-state index contributed by atoms with van der Waals surface area (Å²) < 4.78 is 0. The van der Waals surface area contributed by atoms with Crippen LogP contribution in [0, 0.1) is 13.8 Å². The third kappa shape index (κ3) is 4.08. The van der Waals surface area contributed by atoms with Crippen LogP contribution in [-0.2, 0) is 4.79 Å². The minimum atomic E-state index is -0.154. The molecule has 1 heterocycles. The lowest BCUT2D eigenvalue weighted by atomic mass is 9.94. The van der Waals surface area contributed by atoms with Gasteiger partial charge in [0.2, 0.25) is 5.91 Å². The molecule has 2 aromatic rings. The van der Waals surface area contributed by atoms with Crippen LogP contribution in [0.3, 0.4) is 0 Å². The van der Waals surface area contributed by atoms with E-state index in [1.54, 1.807) is 6.20 Å². The summed E-state index contributed by atoms with van der Waals surface area (Å²) in [5, 5.41) is 3.11. The Morgan fingerprint density at radius 1 is 1.33 bits per heavy atom. The zero-order valence-corrected chi connectivity index (χ0v) is 13.4. The van der Waals surface area contributed by atoms with Crippen LogP contribution >= 0.6 is 11.8 Å². The van der Waals surface area contributed by atoms with Crippen molar-refractivity contribution >= 4 is 17.7 Å². The summed E-state index contributed by atoms with van der Waals surface area (Å²) in [4.78, 5) is 16.2. The largest absolute Gasteiger partial charge is 0.344 e. The second kappa shape index (κ2) is 7.27. The number of thioether (sulfide) groups is 1. The van der Waals surface area contributed by atoms with Gasteiger partial charge in [0.25, 0.3) is 0 Å². The number of aromatic nitrogens is 1. The summed E-state index contributed by atoms with van der Waals surface area (Å²) in [7, 11) is 0. The standard InChI is InChI=1S/C17H20N2OS/c1-12-6-7-15(13(2)9-12)17(19-16(20)11-21-3)14-5-4-8-18-10-14/h4-10,17H,11H2,1-3H3,(H,19,20)/t17-/m1/s1. The van der Waals surface area contributed by atoms with Crippen molar-refractivity contribution in [3.05, 3.63) is 65.0 Å². The van der Waals surface area contributed by atoms with Gasteiger partial charge in [-0.1, -0.05) is 29.8 Å². The number of pyridine rings is 1. The summed E-state index contributed by atoms with van der Waals surface area (Å²) in [6.45, 7) is 4.15. The van der Waals surface area contributed by atoms with E-state index in [0.29, 0.717) is 5.75 Å². The normalized spacial score (nSPS) is 12.0. The Morgan fingerprint density at radius 2 is 2.14 bits per heavy atom. The zero-order chi connectivity index (χ0) is 15.2. The molecule has 21 heavy (non-hydrogen) atoms. The first-order valence-electron chi connectivity index (χ1n) is 6.87. The fourth-order valence-corrected chi connectivity index (χ4v) is 2.72. The van der Waals surface area contributed by atoms with E-state index in [0.717, 1.165) is 11.1 Å². The van der Waals surface area contributed by atoms with Gasteiger partial charge in [-0.15, -0.1) is 0 Å². The number of amides is 1. The first kappa shape index (κ1) is 15.6. The zero-order valence-electron chi connectivity index (χ0n) is 12.6. The minimum absolute atomic E-state index is 0.0383. The fraction of sp³-hybridized carbons (Fsp3) is 0.294. The summed E-state index contributed by atoms with van der Waals surface area (Å²) in [5.74, 6) is 0.498. The van der Waals surface area contributed by atoms with Crippen molar-refractivity contribution in [1.82, 2.24) is 10.3 Å². The lowest BCUT2D eigenvalue weighted by Gasteiger charge is -2.21. The second-order valence-corrected chi connectivity index (χ2v) is 5.95. The van der Waals surface area contributed by atoms with E-state index in [4.69, 9.17) is 0 Å². The van der Waals surface area contributed by atoms with Gasteiger partial charge in [-0.25, -0.2) is 0 Å². The molecule has 110 valence electrons. The van der Waals surface area contributed by atoms with E-state index < -0.39 is 0 Å². The highest BCUT2D eigenvalue weighted by atomic mass is 32.2. The third-order valence-corrected chi connectivity index (χ3v) is 3.89. The Hall–Kier alpha value is -1.81. The van der Waals surface area contributed by atoms with Gasteiger partial charge < -0.3 is 5.32 Å². The van der Waals surface area contributed by atoms with E-state index in [1.807, 2.05) is 24.6 Å². The van der Waals surface area contributed by atoms with Crippen molar-refractivity contribution in [2.45, 2.75) is 19.9 Å². The molecule has 1 aromatic heterocycles. The van der Waals surface area contributed by atoms with Gasteiger partial charge in [-0.05, 0) is 42.9 Å². The fourth-order valence-electron chi connectivity index (χ4n) is 2.37. The summed E-state index contributed by atoms with van der Waals surface area (Å²) in [5.41, 5.74) is 4.51. The Morgan fingerprint density at radius 3 is 2.76 bits per heavy atom. The van der Waals surface area contributed by atoms with Crippen molar-refractivity contribution < 1.29 is 4.79 Å². The number of benzene rings is 1. The van der Waals surface area contributed by atoms with E-state index in [1.165, 1.54) is 22.9 Å². The van der Waals surface area contributed by atoms with Crippen LogP contribution in [0.1, 0.15) is 28.3 Å². The van der Waals surface area contributed by atoms with Gasteiger partial charge in [0, 0.05) is 12.4 Å². The molecule has 0 aliphatic rings. The Kier molecular flexibility index (Phi) is 5.39. The first-order valence-corrected chi connectivity index (χ1v) is 8.26. The van der Waals surface area contributed by atoms with Crippen LogP contribution in [0.5, 0.6) is 0 Å². The van der Waals surface area contributed by atoms with Gasteiger partial charge >= 0.3 is 0 Å². The number of carbonyl (C=O) groups excluding carboxylic acids is 1. The molecule has 0 saturated heterocycles. The van der Waals surface area contributed by atoms with Crippen molar-refractivity contribution in [2.24, 2.45) is 0 Å². The second-order valence-electron chi connectivity index (χ2n) is 5.08. The van der Waals surface area contributed by atoms with Crippen molar-refractivity contribution in [1.29, 1.82) is 0 Å². The molecule has 0 radical (unpaired) electrons. The van der Waals surface area contributed by atoms with E-state index in [2.05, 4.69) is 42.3 Å². The van der Waals surface area contributed by atoms with Gasteiger partial charge in [-0.3, -0.25) is 9.78 Å². The molecule has 3 nitrogen and oxygen atoms in total. The van der Waals surface area contributed by atoms with E-state index in [-0.39, 0.29) is 11.9 Å². The smallest absolute Gasteiger partial charge is 0.230 e. The minimum Gasteiger partial charge on any atom is -0.344 e. The molecule has 0 aliphatic carbocycles. The number of hydrogen-bond donors (Lipinski definition) is 1. The van der Waals surface area contributed by atoms with Gasteiger partial charge in [0.1, 0.15) is 0 Å². The van der Waals surface area contributed by atoms with Crippen molar-refractivity contribution in [3.8, 4) is 0 Å². The van der Waals surface area contributed by atoms with Gasteiger partial charge in [0.05, 0.1) is 11.8 Å². The Labute approximate surface area is 130 Å². The molecule has 0 aliphatic heterocycles. The predicted octanol–water partition coefficient (Wildman–Crippen LogP) is 3.27. The summed E-state index contributed by atoms with van der Waals surface area (Å²) in [6, 6.07) is 10.0. The lowest BCUT2D eigenvalue weighted by molar-refractivity contribution is -0.119. The van der Waals surface area contributed by atoms with Crippen molar-refractivity contribution in [2.75, 3.05) is 12.0 Å². The van der Waals surface area contributed by atoms with Crippen LogP contribution in [0.15, 0.2) is 42.7 Å². The number of nitrogens with one attached hydrogen (secondary N) is 1.